The largest absolute Gasteiger partial charge is 0.271 e. The first kappa shape index (κ1) is 14.4. The van der Waals surface area contributed by atoms with Crippen LogP contribution in [0.1, 0.15) is 19.0 Å². The van der Waals surface area contributed by atoms with Crippen molar-refractivity contribution in [2.24, 2.45) is 5.84 Å². The Morgan fingerprint density at radius 3 is 2.89 bits per heavy atom. The third-order valence-corrected chi connectivity index (χ3v) is 4.02. The standard InChI is InChI=1S/C14H22N4S/c1-3-18-14-7-5-4-6-12(14)13(17-18)10-11(16-15)8-9-19-2/h4-7,11,16H,3,8-10,15H2,1-2H3. The number of thioether (sulfide) groups is 1. The van der Waals surface area contributed by atoms with Crippen molar-refractivity contribution >= 4 is 22.7 Å². The van der Waals surface area contributed by atoms with E-state index in [2.05, 4.69) is 47.6 Å². The Balaban J connectivity index is 2.24. The van der Waals surface area contributed by atoms with Crippen LogP contribution in [-0.4, -0.2) is 27.8 Å². The highest BCUT2D eigenvalue weighted by molar-refractivity contribution is 7.98. The van der Waals surface area contributed by atoms with Crippen LogP contribution < -0.4 is 11.3 Å². The third-order valence-electron chi connectivity index (χ3n) is 3.38. The minimum Gasteiger partial charge on any atom is -0.271 e. The van der Waals surface area contributed by atoms with Crippen LogP contribution in [0.3, 0.4) is 0 Å². The lowest BCUT2D eigenvalue weighted by Gasteiger charge is -2.13. The topological polar surface area (TPSA) is 55.9 Å². The van der Waals surface area contributed by atoms with Crippen molar-refractivity contribution in [1.29, 1.82) is 0 Å². The summed E-state index contributed by atoms with van der Waals surface area (Å²) in [6, 6.07) is 8.69. The summed E-state index contributed by atoms with van der Waals surface area (Å²) in [4.78, 5) is 0. The number of aryl methyl sites for hydroxylation is 1. The average Bonchev–Trinajstić information content (AvgIpc) is 2.81. The maximum absolute atomic E-state index is 5.65. The quantitative estimate of drug-likeness (QED) is 0.602. The van der Waals surface area contributed by atoms with E-state index in [1.807, 2.05) is 11.8 Å². The van der Waals surface area contributed by atoms with E-state index < -0.39 is 0 Å². The molecule has 2 aromatic rings. The maximum atomic E-state index is 5.65. The number of benzene rings is 1. The summed E-state index contributed by atoms with van der Waals surface area (Å²) >= 11 is 1.85. The van der Waals surface area contributed by atoms with Gasteiger partial charge in [0.15, 0.2) is 0 Å². The molecule has 1 atom stereocenters. The van der Waals surface area contributed by atoms with Crippen molar-refractivity contribution in [2.75, 3.05) is 12.0 Å². The highest BCUT2D eigenvalue weighted by atomic mass is 32.2. The predicted octanol–water partition coefficient (Wildman–Crippen LogP) is 2.18. The van der Waals surface area contributed by atoms with E-state index in [1.165, 1.54) is 10.9 Å². The molecule has 0 saturated carbocycles. The Morgan fingerprint density at radius 1 is 1.42 bits per heavy atom. The number of rotatable bonds is 7. The van der Waals surface area contributed by atoms with Crippen LogP contribution in [0, 0.1) is 0 Å². The molecule has 0 aliphatic heterocycles. The number of hydrazine groups is 1. The van der Waals surface area contributed by atoms with Gasteiger partial charge in [-0.2, -0.15) is 16.9 Å². The molecule has 0 radical (unpaired) electrons. The van der Waals surface area contributed by atoms with E-state index in [9.17, 15) is 0 Å². The molecule has 1 unspecified atom stereocenters. The third kappa shape index (κ3) is 3.29. The lowest BCUT2D eigenvalue weighted by molar-refractivity contribution is 0.506. The van der Waals surface area contributed by atoms with Gasteiger partial charge < -0.3 is 0 Å². The molecule has 2 rings (SSSR count). The molecule has 0 aliphatic rings. The first-order valence-corrected chi connectivity index (χ1v) is 8.09. The Morgan fingerprint density at radius 2 is 2.21 bits per heavy atom. The highest BCUT2D eigenvalue weighted by Crippen LogP contribution is 2.20. The van der Waals surface area contributed by atoms with Crippen LogP contribution >= 0.6 is 11.8 Å². The van der Waals surface area contributed by atoms with Crippen molar-refractivity contribution in [3.63, 3.8) is 0 Å². The van der Waals surface area contributed by atoms with Gasteiger partial charge >= 0.3 is 0 Å². The van der Waals surface area contributed by atoms with Crippen molar-refractivity contribution in [3.8, 4) is 0 Å². The van der Waals surface area contributed by atoms with Crippen molar-refractivity contribution in [3.05, 3.63) is 30.0 Å². The lowest BCUT2D eigenvalue weighted by atomic mass is 10.1. The van der Waals surface area contributed by atoms with Gasteiger partial charge in [-0.15, -0.1) is 0 Å². The summed E-state index contributed by atoms with van der Waals surface area (Å²) in [5.74, 6) is 6.76. The summed E-state index contributed by atoms with van der Waals surface area (Å²) in [6.07, 6.45) is 4.06. The van der Waals surface area contributed by atoms with E-state index in [1.54, 1.807) is 0 Å². The molecule has 0 saturated heterocycles. The smallest absolute Gasteiger partial charge is 0.0719 e. The van der Waals surface area contributed by atoms with Crippen LogP contribution in [0.25, 0.3) is 10.9 Å². The second-order valence-corrected chi connectivity index (χ2v) is 5.61. The van der Waals surface area contributed by atoms with Crippen molar-refractivity contribution in [1.82, 2.24) is 15.2 Å². The number of hydrogen-bond acceptors (Lipinski definition) is 4. The van der Waals surface area contributed by atoms with Gasteiger partial charge in [-0.25, -0.2) is 0 Å². The Kier molecular flexibility index (Phi) is 5.24. The molecule has 0 fully saturated rings. The zero-order valence-electron chi connectivity index (χ0n) is 11.6. The molecule has 4 nitrogen and oxygen atoms in total. The molecular formula is C14H22N4S. The number of nitrogens with zero attached hydrogens (tertiary/aromatic N) is 2. The summed E-state index contributed by atoms with van der Waals surface area (Å²) in [7, 11) is 0. The molecule has 19 heavy (non-hydrogen) atoms. The first-order chi connectivity index (χ1) is 9.30. The second kappa shape index (κ2) is 6.93. The van der Waals surface area contributed by atoms with Gasteiger partial charge in [0, 0.05) is 24.4 Å². The molecule has 0 bridgehead atoms. The number of para-hydroxylation sites is 1. The van der Waals surface area contributed by atoms with Gasteiger partial charge in [0.1, 0.15) is 0 Å². The minimum atomic E-state index is 0.288. The fraction of sp³-hybridized carbons (Fsp3) is 0.500. The van der Waals surface area contributed by atoms with Crippen LogP contribution in [0.5, 0.6) is 0 Å². The number of nitrogens with one attached hydrogen (secondary N) is 1. The molecule has 0 aliphatic carbocycles. The monoisotopic (exact) mass is 278 g/mol. The van der Waals surface area contributed by atoms with E-state index in [-0.39, 0.29) is 6.04 Å². The molecule has 3 N–H and O–H groups in total. The molecule has 5 heteroatoms. The predicted molar refractivity (Wildman–Crippen MR) is 83.2 cm³/mol. The van der Waals surface area contributed by atoms with Crippen molar-refractivity contribution in [2.45, 2.75) is 32.4 Å². The Labute approximate surface area is 118 Å². The van der Waals surface area contributed by atoms with E-state index in [4.69, 9.17) is 10.9 Å². The van der Waals surface area contributed by atoms with E-state index in [0.717, 1.165) is 30.8 Å². The van der Waals surface area contributed by atoms with Gasteiger partial charge in [-0.3, -0.25) is 16.0 Å². The number of fused-ring (bicyclic) bond motifs is 1. The summed E-state index contributed by atoms with van der Waals surface area (Å²) < 4.78 is 2.06. The molecule has 0 spiro atoms. The first-order valence-electron chi connectivity index (χ1n) is 6.69. The minimum absolute atomic E-state index is 0.288. The second-order valence-electron chi connectivity index (χ2n) is 4.63. The van der Waals surface area contributed by atoms with Gasteiger partial charge in [0.25, 0.3) is 0 Å². The number of nitrogens with two attached hydrogens (primary N) is 1. The molecule has 104 valence electrons. The Hall–Kier alpha value is -1.04. The van der Waals surface area contributed by atoms with Crippen LogP contribution in [-0.2, 0) is 13.0 Å². The zero-order valence-corrected chi connectivity index (χ0v) is 12.4. The van der Waals surface area contributed by atoms with Gasteiger partial charge in [0.05, 0.1) is 11.2 Å². The SMILES string of the molecule is CCn1nc(CC(CCSC)NN)c2ccccc21. The van der Waals surface area contributed by atoms with Crippen molar-refractivity contribution < 1.29 is 0 Å². The molecule has 0 amide bonds. The fourth-order valence-electron chi connectivity index (χ4n) is 2.33. The van der Waals surface area contributed by atoms with Crippen LogP contribution in [0.15, 0.2) is 24.3 Å². The van der Waals surface area contributed by atoms with Crippen LogP contribution in [0.4, 0.5) is 0 Å². The summed E-state index contributed by atoms with van der Waals surface area (Å²) in [6.45, 7) is 3.02. The summed E-state index contributed by atoms with van der Waals surface area (Å²) in [5, 5.41) is 5.96. The molecular weight excluding hydrogens is 256 g/mol. The number of aromatic nitrogens is 2. The summed E-state index contributed by atoms with van der Waals surface area (Å²) in [5.41, 5.74) is 5.26. The molecule has 1 aromatic carbocycles. The fourth-order valence-corrected chi connectivity index (χ4v) is 2.85. The Bertz CT molecular complexity index is 523. The highest BCUT2D eigenvalue weighted by Gasteiger charge is 2.14. The van der Waals surface area contributed by atoms with Gasteiger partial charge in [-0.05, 0) is 31.4 Å². The van der Waals surface area contributed by atoms with E-state index >= 15 is 0 Å². The lowest BCUT2D eigenvalue weighted by Crippen LogP contribution is -2.37. The molecule has 1 aromatic heterocycles. The number of hydrogen-bond donors (Lipinski definition) is 2. The van der Waals surface area contributed by atoms with E-state index in [0.29, 0.717) is 0 Å². The van der Waals surface area contributed by atoms with Crippen LogP contribution in [0.2, 0.25) is 0 Å². The zero-order chi connectivity index (χ0) is 13.7. The average molecular weight is 278 g/mol. The normalized spacial score (nSPS) is 13.0. The maximum Gasteiger partial charge on any atom is 0.0719 e. The molecule has 1 heterocycles. The van der Waals surface area contributed by atoms with Gasteiger partial charge in [-0.1, -0.05) is 18.2 Å². The van der Waals surface area contributed by atoms with Gasteiger partial charge in [0.2, 0.25) is 0 Å².